The van der Waals surface area contributed by atoms with Crippen molar-refractivity contribution >= 4 is 5.78 Å². The number of hydrogen-bond donors (Lipinski definition) is 0. The van der Waals surface area contributed by atoms with Crippen LogP contribution < -0.4 is 0 Å². The molecule has 0 bridgehead atoms. The summed E-state index contributed by atoms with van der Waals surface area (Å²) in [5.74, 6) is -0.0819. The van der Waals surface area contributed by atoms with Crippen LogP contribution in [0.5, 0.6) is 0 Å². The lowest BCUT2D eigenvalue weighted by Crippen LogP contribution is -2.43. The lowest BCUT2D eigenvalue weighted by molar-refractivity contribution is -0.111. The largest absolute Gasteiger partial charge is 0.375 e. The molecule has 1 aromatic rings. The Balaban J connectivity index is 1.77. The number of carbonyl (C=O) groups is 1. The molecule has 1 atom stereocenters. The quantitative estimate of drug-likeness (QED) is 0.752. The zero-order valence-electron chi connectivity index (χ0n) is 12.7. The molecule has 1 unspecified atom stereocenters. The molecule has 1 heterocycles. The highest BCUT2D eigenvalue weighted by molar-refractivity contribution is 5.99. The van der Waals surface area contributed by atoms with Crippen LogP contribution in [0.3, 0.4) is 0 Å². The van der Waals surface area contributed by atoms with Crippen molar-refractivity contribution in [3.05, 3.63) is 35.1 Å². The van der Waals surface area contributed by atoms with Crippen molar-refractivity contribution in [2.45, 2.75) is 57.5 Å². The fourth-order valence-electron chi connectivity index (χ4n) is 3.92. The fourth-order valence-corrected chi connectivity index (χ4v) is 3.92. The number of rotatable bonds is 2. The van der Waals surface area contributed by atoms with Crippen molar-refractivity contribution in [1.82, 2.24) is 0 Å². The van der Waals surface area contributed by atoms with E-state index < -0.39 is 0 Å². The van der Waals surface area contributed by atoms with E-state index in [9.17, 15) is 9.18 Å². The van der Waals surface area contributed by atoms with Crippen LogP contribution >= 0.6 is 0 Å². The lowest BCUT2D eigenvalue weighted by atomic mass is 9.74. The Hall–Kier alpha value is -1.22. The topological polar surface area (TPSA) is 26.3 Å². The maximum atomic E-state index is 13.2. The molecule has 1 aromatic carbocycles. The SMILES string of the molecule is Cc1cc(F)ccc1C(=O)C1CCOC2(CCCCC2)C1. The second kappa shape index (κ2) is 5.88. The molecule has 2 aliphatic rings. The van der Waals surface area contributed by atoms with Gasteiger partial charge in [0, 0.05) is 18.1 Å². The van der Waals surface area contributed by atoms with Gasteiger partial charge < -0.3 is 4.74 Å². The van der Waals surface area contributed by atoms with E-state index in [2.05, 4.69) is 0 Å². The molecule has 2 nitrogen and oxygen atoms in total. The third-order valence-corrected chi connectivity index (χ3v) is 5.08. The van der Waals surface area contributed by atoms with Gasteiger partial charge in [0.1, 0.15) is 5.82 Å². The van der Waals surface area contributed by atoms with Crippen LogP contribution in [-0.4, -0.2) is 18.0 Å². The van der Waals surface area contributed by atoms with Crippen LogP contribution in [0.4, 0.5) is 4.39 Å². The normalized spacial score (nSPS) is 25.0. The second-order valence-corrected chi connectivity index (χ2v) is 6.61. The molecule has 0 N–H and O–H groups in total. The summed E-state index contributed by atoms with van der Waals surface area (Å²) in [6, 6.07) is 4.47. The van der Waals surface area contributed by atoms with Crippen LogP contribution in [0.1, 0.15) is 60.9 Å². The van der Waals surface area contributed by atoms with Gasteiger partial charge in [-0.2, -0.15) is 0 Å². The van der Waals surface area contributed by atoms with Crippen molar-refractivity contribution < 1.29 is 13.9 Å². The zero-order chi connectivity index (χ0) is 14.9. The lowest BCUT2D eigenvalue weighted by Gasteiger charge is -2.43. The molecule has 1 saturated heterocycles. The molecule has 3 rings (SSSR count). The molecular weight excluding hydrogens is 267 g/mol. The Morgan fingerprint density at radius 1 is 1.29 bits per heavy atom. The number of ether oxygens (including phenoxy) is 1. The van der Waals surface area contributed by atoms with Crippen molar-refractivity contribution in [3.63, 3.8) is 0 Å². The fraction of sp³-hybridized carbons (Fsp3) is 0.611. The summed E-state index contributed by atoms with van der Waals surface area (Å²) in [6.45, 7) is 2.49. The number of carbonyl (C=O) groups excluding carboxylic acids is 1. The first-order chi connectivity index (χ1) is 10.1. The summed E-state index contributed by atoms with van der Waals surface area (Å²) in [5, 5.41) is 0. The summed E-state index contributed by atoms with van der Waals surface area (Å²) in [4.78, 5) is 12.8. The molecule has 1 aliphatic heterocycles. The van der Waals surface area contributed by atoms with Crippen molar-refractivity contribution in [3.8, 4) is 0 Å². The maximum absolute atomic E-state index is 13.2. The number of hydrogen-bond acceptors (Lipinski definition) is 2. The average Bonchev–Trinajstić information content (AvgIpc) is 2.47. The van der Waals surface area contributed by atoms with Crippen LogP contribution in [-0.2, 0) is 4.74 Å². The molecule has 1 aliphatic carbocycles. The Morgan fingerprint density at radius 3 is 2.76 bits per heavy atom. The van der Waals surface area contributed by atoms with E-state index in [0.717, 1.165) is 31.2 Å². The van der Waals surface area contributed by atoms with Gasteiger partial charge in [-0.1, -0.05) is 19.3 Å². The van der Waals surface area contributed by atoms with Gasteiger partial charge in [-0.25, -0.2) is 4.39 Å². The number of aryl methyl sites for hydroxylation is 1. The van der Waals surface area contributed by atoms with Gasteiger partial charge in [-0.3, -0.25) is 4.79 Å². The molecule has 3 heteroatoms. The minimum atomic E-state index is -0.278. The van der Waals surface area contributed by atoms with Crippen molar-refractivity contribution in [2.75, 3.05) is 6.61 Å². The number of benzene rings is 1. The minimum absolute atomic E-state index is 0.0287. The highest BCUT2D eigenvalue weighted by Gasteiger charge is 2.40. The molecule has 0 amide bonds. The van der Waals surface area contributed by atoms with E-state index in [4.69, 9.17) is 4.74 Å². The Bertz CT molecular complexity index is 527. The third kappa shape index (κ3) is 3.03. The number of Topliss-reactive ketones (excluding diaryl/α,β-unsaturated/α-hetero) is 1. The monoisotopic (exact) mass is 290 g/mol. The molecule has 1 spiro atoms. The van der Waals surface area contributed by atoms with Gasteiger partial charge in [0.05, 0.1) is 5.60 Å². The molecule has 0 aromatic heterocycles. The van der Waals surface area contributed by atoms with Gasteiger partial charge in [-0.05, 0) is 56.4 Å². The molecule has 0 radical (unpaired) electrons. The Morgan fingerprint density at radius 2 is 2.05 bits per heavy atom. The molecule has 21 heavy (non-hydrogen) atoms. The van der Waals surface area contributed by atoms with Gasteiger partial charge in [0.25, 0.3) is 0 Å². The van der Waals surface area contributed by atoms with E-state index in [1.54, 1.807) is 6.07 Å². The molecule has 2 fully saturated rings. The smallest absolute Gasteiger partial charge is 0.166 e. The predicted molar refractivity (Wildman–Crippen MR) is 80.0 cm³/mol. The zero-order valence-corrected chi connectivity index (χ0v) is 12.7. The van der Waals surface area contributed by atoms with Gasteiger partial charge >= 0.3 is 0 Å². The van der Waals surface area contributed by atoms with Crippen LogP contribution in [0, 0.1) is 18.7 Å². The molecular formula is C18H23FO2. The van der Waals surface area contributed by atoms with E-state index in [-0.39, 0.29) is 23.1 Å². The molecule has 114 valence electrons. The summed E-state index contributed by atoms with van der Waals surface area (Å²) < 4.78 is 19.3. The number of halogens is 1. The highest BCUT2D eigenvalue weighted by atomic mass is 19.1. The van der Waals surface area contributed by atoms with Gasteiger partial charge in [0.2, 0.25) is 0 Å². The van der Waals surface area contributed by atoms with Crippen LogP contribution in [0.15, 0.2) is 18.2 Å². The Kier molecular flexibility index (Phi) is 4.12. The highest BCUT2D eigenvalue weighted by Crippen LogP contribution is 2.41. The first-order valence-corrected chi connectivity index (χ1v) is 8.04. The first kappa shape index (κ1) is 14.7. The van der Waals surface area contributed by atoms with Crippen molar-refractivity contribution in [1.29, 1.82) is 0 Å². The summed E-state index contributed by atoms with van der Waals surface area (Å²) >= 11 is 0. The molecule has 1 saturated carbocycles. The average molecular weight is 290 g/mol. The maximum Gasteiger partial charge on any atom is 0.166 e. The summed E-state index contributed by atoms with van der Waals surface area (Å²) in [5.41, 5.74) is 1.35. The minimum Gasteiger partial charge on any atom is -0.375 e. The van der Waals surface area contributed by atoms with Gasteiger partial charge in [0.15, 0.2) is 5.78 Å². The Labute approximate surface area is 125 Å². The predicted octanol–water partition coefficient (Wildman–Crippen LogP) is 4.45. The summed E-state index contributed by atoms with van der Waals surface area (Å²) in [7, 11) is 0. The van der Waals surface area contributed by atoms with Crippen LogP contribution in [0.25, 0.3) is 0 Å². The van der Waals surface area contributed by atoms with E-state index >= 15 is 0 Å². The van der Waals surface area contributed by atoms with E-state index in [1.807, 2.05) is 6.92 Å². The summed E-state index contributed by atoms with van der Waals surface area (Å²) in [6.07, 6.45) is 7.48. The first-order valence-electron chi connectivity index (χ1n) is 8.04. The number of ketones is 1. The van der Waals surface area contributed by atoms with E-state index in [0.29, 0.717) is 12.2 Å². The third-order valence-electron chi connectivity index (χ3n) is 5.08. The van der Waals surface area contributed by atoms with Gasteiger partial charge in [-0.15, -0.1) is 0 Å². The van der Waals surface area contributed by atoms with Crippen LogP contribution in [0.2, 0.25) is 0 Å². The standard InChI is InChI=1S/C18H23FO2/c1-13-11-15(19)5-6-16(13)17(20)14-7-10-21-18(12-14)8-3-2-4-9-18/h5-6,11,14H,2-4,7-10,12H2,1H3. The van der Waals surface area contributed by atoms with Crippen molar-refractivity contribution in [2.24, 2.45) is 5.92 Å². The second-order valence-electron chi connectivity index (χ2n) is 6.61. The van der Waals surface area contributed by atoms with E-state index in [1.165, 1.54) is 31.4 Å².